The van der Waals surface area contributed by atoms with E-state index in [4.69, 9.17) is 9.47 Å². The molecule has 11 rings (SSSR count). The second-order valence-electron chi connectivity index (χ2n) is 18.3. The minimum absolute atomic E-state index is 0.0400. The number of hydrogen-bond donors (Lipinski definition) is 3. The molecule has 17 heteroatoms. The normalized spacial score (nSPS) is 18.5. The number of nitrogens with one attached hydrogen (secondary N) is 2. The van der Waals surface area contributed by atoms with Crippen molar-refractivity contribution in [3.05, 3.63) is 80.1 Å². The van der Waals surface area contributed by atoms with Gasteiger partial charge in [0.2, 0.25) is 5.91 Å². The van der Waals surface area contributed by atoms with E-state index in [-0.39, 0.29) is 24.0 Å². The molecule has 6 aromatic rings. The number of rotatable bonds is 10. The molecule has 1 fully saturated rings. The number of hydrogen-bond acceptors (Lipinski definition) is 15. The van der Waals surface area contributed by atoms with Crippen LogP contribution in [-0.2, 0) is 48.4 Å². The van der Waals surface area contributed by atoms with Gasteiger partial charge in [0.15, 0.2) is 0 Å². The maximum atomic E-state index is 13.3. The second-order valence-corrected chi connectivity index (χ2v) is 20.4. The molecule has 0 radical (unpaired) electrons. The third-order valence-electron chi connectivity index (χ3n) is 12.9. The van der Waals surface area contributed by atoms with Crippen LogP contribution in [0.4, 0.5) is 23.0 Å². The quantitative estimate of drug-likeness (QED) is 0.120. The lowest BCUT2D eigenvalue weighted by Gasteiger charge is -2.35. The topological polar surface area (TPSA) is 180 Å². The number of likely N-dealkylation sites (N-methyl/N-ethyl adjacent to an activating group) is 1. The van der Waals surface area contributed by atoms with Crippen LogP contribution in [0.1, 0.15) is 83.7 Å². The molecule has 66 heavy (non-hydrogen) atoms. The highest BCUT2D eigenvalue weighted by molar-refractivity contribution is 7.19. The fourth-order valence-electron chi connectivity index (χ4n) is 9.55. The van der Waals surface area contributed by atoms with Crippen LogP contribution in [0, 0.1) is 11.8 Å². The molecular formula is C49H54N10O5S2. The molecule has 0 saturated carbocycles. The highest BCUT2D eigenvalue weighted by atomic mass is 32.1. The summed E-state index contributed by atoms with van der Waals surface area (Å²) in [4.78, 5) is 60.3. The largest absolute Gasteiger partial charge is 0.489 e. The molecule has 2 unspecified atom stereocenters. The zero-order valence-electron chi connectivity index (χ0n) is 37.9. The number of carbonyl (C=O) groups excluding carboxylic acids is 1. The van der Waals surface area contributed by atoms with Crippen molar-refractivity contribution in [1.29, 1.82) is 0 Å². The van der Waals surface area contributed by atoms with Gasteiger partial charge < -0.3 is 35.0 Å². The monoisotopic (exact) mass is 926 g/mol. The van der Waals surface area contributed by atoms with Gasteiger partial charge in [0, 0.05) is 54.3 Å². The molecule has 5 aliphatic rings. The van der Waals surface area contributed by atoms with Crippen molar-refractivity contribution in [3.63, 3.8) is 0 Å². The van der Waals surface area contributed by atoms with Gasteiger partial charge in [0.1, 0.15) is 45.5 Å². The molecule has 2 aromatic carbocycles. The maximum Gasteiger partial charge on any atom is 0.306 e. The van der Waals surface area contributed by atoms with Gasteiger partial charge in [0.25, 0.3) is 0 Å². The summed E-state index contributed by atoms with van der Waals surface area (Å²) < 4.78 is 12.2. The van der Waals surface area contributed by atoms with E-state index in [9.17, 15) is 14.7 Å². The van der Waals surface area contributed by atoms with Crippen molar-refractivity contribution in [2.24, 2.45) is 21.8 Å². The number of carboxylic acids is 1. The number of aromatic nitrogens is 4. The molecule has 1 amide bonds. The summed E-state index contributed by atoms with van der Waals surface area (Å²) >= 11 is 3.28. The van der Waals surface area contributed by atoms with Gasteiger partial charge in [0.05, 0.1) is 53.4 Å². The molecule has 0 spiro atoms. The number of piperazine rings is 1. The Morgan fingerprint density at radius 3 is 1.67 bits per heavy atom. The minimum atomic E-state index is -0.724. The van der Waals surface area contributed by atoms with Crippen LogP contribution < -0.4 is 20.1 Å². The van der Waals surface area contributed by atoms with Crippen molar-refractivity contribution in [3.8, 4) is 11.5 Å². The third-order valence-corrected chi connectivity index (χ3v) is 15.2. The van der Waals surface area contributed by atoms with E-state index >= 15 is 0 Å². The van der Waals surface area contributed by atoms with Crippen LogP contribution in [0.2, 0.25) is 0 Å². The van der Waals surface area contributed by atoms with Gasteiger partial charge in [-0.15, -0.1) is 22.7 Å². The first-order valence-electron chi connectivity index (χ1n) is 22.9. The smallest absolute Gasteiger partial charge is 0.306 e. The Balaban J connectivity index is 0.000000158. The van der Waals surface area contributed by atoms with Crippen molar-refractivity contribution in [1.82, 2.24) is 29.7 Å². The second kappa shape index (κ2) is 18.3. The average Bonchev–Trinajstić information content (AvgIpc) is 4.11. The van der Waals surface area contributed by atoms with E-state index in [1.165, 1.54) is 21.6 Å². The first kappa shape index (κ1) is 43.8. The first-order valence-corrected chi connectivity index (χ1v) is 24.5. The highest BCUT2D eigenvalue weighted by Gasteiger charge is 2.33. The van der Waals surface area contributed by atoms with Crippen molar-refractivity contribution in [2.75, 3.05) is 43.9 Å². The number of anilines is 4. The van der Waals surface area contributed by atoms with Crippen LogP contribution in [0.25, 0.3) is 20.4 Å². The Hall–Kier alpha value is -6.04. The Bertz CT molecular complexity index is 2920. The van der Waals surface area contributed by atoms with Crippen LogP contribution in [0.15, 0.2) is 46.9 Å². The van der Waals surface area contributed by atoms with E-state index in [1.807, 2.05) is 46.2 Å². The summed E-state index contributed by atoms with van der Waals surface area (Å²) in [6, 6.07) is 8.28. The first-order chi connectivity index (χ1) is 31.9. The number of aliphatic imine (C=N–C) groups is 2. The number of thiophene rings is 2. The lowest BCUT2D eigenvalue weighted by molar-refractivity contribution is -0.142. The molecular weight excluding hydrogens is 873 g/mol. The van der Waals surface area contributed by atoms with E-state index in [0.717, 1.165) is 128 Å². The van der Waals surface area contributed by atoms with Gasteiger partial charge >= 0.3 is 5.97 Å². The number of amides is 1. The molecule has 3 aliphatic heterocycles. The molecule has 342 valence electrons. The molecule has 0 bridgehead atoms. The van der Waals surface area contributed by atoms with Gasteiger partial charge in [-0.2, -0.15) is 0 Å². The summed E-state index contributed by atoms with van der Waals surface area (Å²) in [5.41, 5.74) is 8.70. The number of carbonyl (C=O) groups is 2. The van der Waals surface area contributed by atoms with E-state index in [2.05, 4.69) is 75.6 Å². The van der Waals surface area contributed by atoms with Crippen LogP contribution in [0.3, 0.4) is 0 Å². The molecule has 15 nitrogen and oxygen atoms in total. The van der Waals surface area contributed by atoms with E-state index < -0.39 is 5.97 Å². The van der Waals surface area contributed by atoms with Gasteiger partial charge in [-0.3, -0.25) is 19.6 Å². The summed E-state index contributed by atoms with van der Waals surface area (Å²) in [7, 11) is 2.12. The SMILES string of the molecule is CC(C)Oc1cc2c(cc1Nc1ncnc3sc4c(c13)CCC(C(=O)N1CCN(C)CC1)C4)C=NC2.CC(C)Oc1cc2c(cc1Nc1ncnc3sc4c(c13)CCC(C(=O)O)C4)C=NC2. The van der Waals surface area contributed by atoms with Crippen LogP contribution in [-0.4, -0.2) is 105 Å². The number of carboxylic acid groups (broad SMARTS) is 1. The predicted molar refractivity (Wildman–Crippen MR) is 261 cm³/mol. The van der Waals surface area contributed by atoms with Gasteiger partial charge in [-0.25, -0.2) is 19.9 Å². The number of ether oxygens (including phenoxy) is 2. The maximum absolute atomic E-state index is 13.3. The molecule has 1 saturated heterocycles. The van der Waals surface area contributed by atoms with Crippen molar-refractivity contribution < 1.29 is 24.2 Å². The molecule has 7 heterocycles. The number of benzene rings is 2. The number of fused-ring (bicyclic) bond motifs is 8. The van der Waals surface area contributed by atoms with Crippen LogP contribution in [0.5, 0.6) is 11.5 Å². The molecule has 3 N–H and O–H groups in total. The fraction of sp³-hybridized carbons (Fsp3) is 0.429. The van der Waals surface area contributed by atoms with Crippen LogP contribution >= 0.6 is 22.7 Å². The summed E-state index contributed by atoms with van der Waals surface area (Å²) in [5, 5.41) is 18.5. The zero-order valence-corrected chi connectivity index (χ0v) is 39.5. The third kappa shape index (κ3) is 8.83. The minimum Gasteiger partial charge on any atom is -0.489 e. The molecule has 4 aromatic heterocycles. The summed E-state index contributed by atoms with van der Waals surface area (Å²) in [5.74, 6) is 2.43. The number of nitrogens with zero attached hydrogens (tertiary/aromatic N) is 8. The lowest BCUT2D eigenvalue weighted by atomic mass is 9.86. The summed E-state index contributed by atoms with van der Waals surface area (Å²) in [6.07, 6.45) is 11.5. The lowest BCUT2D eigenvalue weighted by Crippen LogP contribution is -2.49. The van der Waals surface area contributed by atoms with Crippen molar-refractivity contribution in [2.45, 2.75) is 91.5 Å². The highest BCUT2D eigenvalue weighted by Crippen LogP contribution is 2.44. The Morgan fingerprint density at radius 2 is 1.18 bits per heavy atom. The molecule has 2 aliphatic carbocycles. The Labute approximate surface area is 391 Å². The van der Waals surface area contributed by atoms with Gasteiger partial charge in [-0.1, -0.05) is 0 Å². The standard InChI is InChI=1S/C27H32N6O2S.C22H22N4O3S/c1-16(2)35-22-11-19-14-28-13-18(19)10-21(22)31-25-24-20-5-4-17(12-23(20)36-26(24)30-15-29-25)27(34)33-8-6-32(3)7-9-33;1-11(2)29-17-6-14-9-23-8-13(14)5-16(17)26-20-19-15-4-3-12(22(27)28)7-18(15)30-21(19)25-10-24-20/h10-11,13,15-17H,4-9,12,14H2,1-3H3,(H,29,30,31);5-6,8,10-12H,3-4,7,9H2,1-2H3,(H,27,28)(H,24,25,26). The Kier molecular flexibility index (Phi) is 12.2. The number of aliphatic carboxylic acids is 1. The average molecular weight is 927 g/mol. The Morgan fingerprint density at radius 1 is 0.697 bits per heavy atom. The summed E-state index contributed by atoms with van der Waals surface area (Å²) in [6.45, 7) is 13.0. The van der Waals surface area contributed by atoms with E-state index in [1.54, 1.807) is 35.3 Å². The number of aryl methyl sites for hydroxylation is 2. The van der Waals surface area contributed by atoms with Crippen molar-refractivity contribution >= 4 is 90.4 Å². The zero-order chi connectivity index (χ0) is 45.6. The van der Waals surface area contributed by atoms with Gasteiger partial charge in [-0.05, 0) is 131 Å². The predicted octanol–water partition coefficient (Wildman–Crippen LogP) is 8.38. The molecule has 2 atom stereocenters. The van der Waals surface area contributed by atoms with E-state index in [0.29, 0.717) is 31.8 Å². The fourth-order valence-corrected chi connectivity index (χ4v) is 12.1.